The second-order valence-electron chi connectivity index (χ2n) is 4.31. The van der Waals surface area contributed by atoms with E-state index in [1.165, 1.54) is 26.0 Å². The van der Waals surface area contributed by atoms with Gasteiger partial charge >= 0.3 is 11.9 Å². The Morgan fingerprint density at radius 2 is 1.67 bits per heavy atom. The number of carbonyl (C=O) groups is 3. The summed E-state index contributed by atoms with van der Waals surface area (Å²) in [4.78, 5) is 34.1. The molecule has 21 heavy (non-hydrogen) atoms. The van der Waals surface area contributed by atoms with Crippen molar-refractivity contribution in [2.75, 3.05) is 11.9 Å². The molecule has 0 aliphatic rings. The molecule has 112 valence electrons. The third-order valence-corrected chi connectivity index (χ3v) is 2.88. The highest BCUT2D eigenvalue weighted by molar-refractivity contribution is 6.08. The number of carbonyl (C=O) groups excluding carboxylic acids is 2. The predicted octanol–water partition coefficient (Wildman–Crippen LogP) is 2.22. The summed E-state index contributed by atoms with van der Waals surface area (Å²) in [6.45, 7) is 4.80. The third-order valence-electron chi connectivity index (χ3n) is 2.88. The van der Waals surface area contributed by atoms with Crippen LogP contribution in [0.2, 0.25) is 0 Å². The molecule has 1 rings (SSSR count). The molecule has 0 aromatic heterocycles. The molecule has 6 nitrogen and oxygen atoms in total. The van der Waals surface area contributed by atoms with Crippen LogP contribution in [0.5, 0.6) is 0 Å². The summed E-state index contributed by atoms with van der Waals surface area (Å²) in [5, 5.41) is 11.4. The molecule has 1 aromatic rings. The highest BCUT2D eigenvalue weighted by Crippen LogP contribution is 2.13. The van der Waals surface area contributed by atoms with Crippen molar-refractivity contribution in [1.29, 1.82) is 0 Å². The van der Waals surface area contributed by atoms with Crippen molar-refractivity contribution < 1.29 is 24.2 Å². The monoisotopic (exact) mass is 291 g/mol. The highest BCUT2D eigenvalue weighted by Gasteiger charge is 2.13. The van der Waals surface area contributed by atoms with Crippen molar-refractivity contribution >= 4 is 23.5 Å². The van der Waals surface area contributed by atoms with E-state index >= 15 is 0 Å². The molecular weight excluding hydrogens is 274 g/mol. The quantitative estimate of drug-likeness (QED) is 0.641. The predicted molar refractivity (Wildman–Crippen MR) is 77.0 cm³/mol. The number of anilines is 1. The topological polar surface area (TPSA) is 92.7 Å². The first-order valence-electron chi connectivity index (χ1n) is 6.36. The summed E-state index contributed by atoms with van der Waals surface area (Å²) in [5.41, 5.74) is 0.946. The molecule has 0 bridgehead atoms. The number of aliphatic carboxylic acids is 1. The third kappa shape index (κ3) is 4.45. The molecule has 0 unspecified atom stereocenters. The van der Waals surface area contributed by atoms with Gasteiger partial charge in [-0.2, -0.15) is 0 Å². The van der Waals surface area contributed by atoms with Gasteiger partial charge in [0.2, 0.25) is 0 Å². The van der Waals surface area contributed by atoms with Crippen LogP contribution in [-0.2, 0) is 14.3 Å². The van der Waals surface area contributed by atoms with Gasteiger partial charge in [0, 0.05) is 16.8 Å². The maximum absolute atomic E-state index is 11.9. The molecule has 2 N–H and O–H groups in total. The average molecular weight is 291 g/mol. The van der Waals surface area contributed by atoms with Gasteiger partial charge in [-0.1, -0.05) is 0 Å². The van der Waals surface area contributed by atoms with Gasteiger partial charge in [0.25, 0.3) is 5.91 Å². The molecule has 0 atom stereocenters. The Balaban J connectivity index is 2.81. The summed E-state index contributed by atoms with van der Waals surface area (Å²) in [6.07, 6.45) is 0. The minimum atomic E-state index is -1.14. The van der Waals surface area contributed by atoms with Gasteiger partial charge in [0.15, 0.2) is 0 Å². The average Bonchev–Trinajstić information content (AvgIpc) is 2.46. The van der Waals surface area contributed by atoms with Crippen molar-refractivity contribution in [1.82, 2.24) is 0 Å². The molecule has 1 amide bonds. The number of rotatable bonds is 5. The zero-order valence-corrected chi connectivity index (χ0v) is 12.1. The van der Waals surface area contributed by atoms with Crippen molar-refractivity contribution in [3.8, 4) is 0 Å². The summed E-state index contributed by atoms with van der Waals surface area (Å²) < 4.78 is 4.85. The summed E-state index contributed by atoms with van der Waals surface area (Å²) in [6, 6.07) is 6.15. The van der Waals surface area contributed by atoms with Crippen molar-refractivity contribution in [2.45, 2.75) is 20.8 Å². The number of carboxylic acids is 1. The largest absolute Gasteiger partial charge is 0.478 e. The Morgan fingerprint density at radius 1 is 1.10 bits per heavy atom. The lowest BCUT2D eigenvalue weighted by Crippen LogP contribution is -2.16. The molecule has 0 aliphatic heterocycles. The zero-order valence-electron chi connectivity index (χ0n) is 12.1. The van der Waals surface area contributed by atoms with Crippen LogP contribution in [0.4, 0.5) is 5.69 Å². The van der Waals surface area contributed by atoms with Crippen LogP contribution in [0.25, 0.3) is 0 Å². The van der Waals surface area contributed by atoms with E-state index in [1.807, 2.05) is 0 Å². The fourth-order valence-electron chi connectivity index (χ4n) is 1.46. The van der Waals surface area contributed by atoms with Gasteiger partial charge in [0.1, 0.15) is 0 Å². The number of hydrogen-bond donors (Lipinski definition) is 2. The molecule has 0 fully saturated rings. The smallest absolute Gasteiger partial charge is 0.338 e. The van der Waals surface area contributed by atoms with E-state index in [4.69, 9.17) is 9.84 Å². The van der Waals surface area contributed by atoms with Crippen LogP contribution >= 0.6 is 0 Å². The normalized spacial score (nSPS) is 11.4. The van der Waals surface area contributed by atoms with Gasteiger partial charge in [0.05, 0.1) is 12.2 Å². The summed E-state index contributed by atoms with van der Waals surface area (Å²) >= 11 is 0. The van der Waals surface area contributed by atoms with Gasteiger partial charge in [-0.3, -0.25) is 4.79 Å². The van der Waals surface area contributed by atoms with Crippen LogP contribution in [0.1, 0.15) is 31.1 Å². The Labute approximate surface area is 122 Å². The van der Waals surface area contributed by atoms with Crippen LogP contribution in [0, 0.1) is 0 Å². The highest BCUT2D eigenvalue weighted by atomic mass is 16.5. The van der Waals surface area contributed by atoms with Gasteiger partial charge < -0.3 is 15.2 Å². The van der Waals surface area contributed by atoms with Crippen LogP contribution in [-0.4, -0.2) is 29.6 Å². The van der Waals surface area contributed by atoms with Crippen molar-refractivity contribution in [3.63, 3.8) is 0 Å². The molecule has 1 aromatic carbocycles. The molecule has 0 saturated heterocycles. The van der Waals surface area contributed by atoms with Gasteiger partial charge in [-0.05, 0) is 45.0 Å². The number of carboxylic acid groups (broad SMARTS) is 1. The Hall–Kier alpha value is -2.63. The van der Waals surface area contributed by atoms with Crippen LogP contribution in [0.3, 0.4) is 0 Å². The first-order valence-corrected chi connectivity index (χ1v) is 6.36. The maximum Gasteiger partial charge on any atom is 0.338 e. The Kier molecular flexibility index (Phi) is 5.66. The zero-order chi connectivity index (χ0) is 16.0. The molecule has 0 aliphatic carbocycles. The van der Waals surface area contributed by atoms with E-state index in [9.17, 15) is 14.4 Å². The fourth-order valence-corrected chi connectivity index (χ4v) is 1.46. The first kappa shape index (κ1) is 16.4. The van der Waals surface area contributed by atoms with Gasteiger partial charge in [-0.25, -0.2) is 9.59 Å². The minimum Gasteiger partial charge on any atom is -0.478 e. The number of ether oxygens (including phenoxy) is 1. The second-order valence-corrected chi connectivity index (χ2v) is 4.31. The second kappa shape index (κ2) is 7.23. The molecule has 0 spiro atoms. The lowest BCUT2D eigenvalue weighted by molar-refractivity contribution is -0.133. The first-order chi connectivity index (χ1) is 9.86. The number of esters is 1. The number of benzene rings is 1. The lowest BCUT2D eigenvalue weighted by atomic mass is 10.1. The van der Waals surface area contributed by atoms with E-state index < -0.39 is 17.8 Å². The van der Waals surface area contributed by atoms with Crippen LogP contribution < -0.4 is 5.32 Å². The van der Waals surface area contributed by atoms with Crippen molar-refractivity contribution in [2.24, 2.45) is 0 Å². The summed E-state index contributed by atoms with van der Waals surface area (Å²) in [7, 11) is 0. The number of amides is 1. The molecule has 6 heteroatoms. The minimum absolute atomic E-state index is 0.0179. The standard InChI is InChI=1S/C15H17NO5/c1-4-21-15(20)11-5-7-12(8-6-11)16-13(17)9(2)10(3)14(18)19/h5-8H,4H2,1-3H3,(H,16,17)(H,18,19). The van der Waals surface area contributed by atoms with Crippen LogP contribution in [0.15, 0.2) is 35.4 Å². The molecule has 0 heterocycles. The van der Waals surface area contributed by atoms with E-state index in [2.05, 4.69) is 5.32 Å². The van der Waals surface area contributed by atoms with E-state index in [-0.39, 0.29) is 17.8 Å². The fraction of sp³-hybridized carbons (Fsp3) is 0.267. The Bertz CT molecular complexity index is 587. The van der Waals surface area contributed by atoms with Crippen molar-refractivity contribution in [3.05, 3.63) is 41.0 Å². The number of nitrogens with one attached hydrogen (secondary N) is 1. The molecular formula is C15H17NO5. The maximum atomic E-state index is 11.9. The number of hydrogen-bond acceptors (Lipinski definition) is 4. The van der Waals surface area contributed by atoms with E-state index in [1.54, 1.807) is 19.1 Å². The van der Waals surface area contributed by atoms with E-state index in [0.29, 0.717) is 11.3 Å². The van der Waals surface area contributed by atoms with E-state index in [0.717, 1.165) is 0 Å². The molecule has 0 radical (unpaired) electrons. The summed E-state index contributed by atoms with van der Waals surface area (Å²) in [5.74, 6) is -2.08. The SMILES string of the molecule is CCOC(=O)c1ccc(NC(=O)C(C)=C(C)C(=O)O)cc1. The Morgan fingerprint density at radius 3 is 2.14 bits per heavy atom. The lowest BCUT2D eigenvalue weighted by Gasteiger charge is -2.08. The van der Waals surface area contributed by atoms with Gasteiger partial charge in [-0.15, -0.1) is 0 Å². The molecule has 0 saturated carbocycles.